The molecule has 4 nitrogen and oxygen atoms in total. The van der Waals surface area contributed by atoms with Crippen LogP contribution in [0.2, 0.25) is 10.0 Å². The van der Waals surface area contributed by atoms with Crippen LogP contribution < -0.4 is 9.04 Å². The van der Waals surface area contributed by atoms with E-state index in [4.69, 9.17) is 27.9 Å². The van der Waals surface area contributed by atoms with Gasteiger partial charge in [0, 0.05) is 10.0 Å². The van der Waals surface area contributed by atoms with E-state index in [9.17, 15) is 8.42 Å². The largest absolute Gasteiger partial charge is 0.497 e. The second-order valence-electron chi connectivity index (χ2n) is 6.18. The Labute approximate surface area is 175 Å². The van der Waals surface area contributed by atoms with Gasteiger partial charge in [-0.25, -0.2) is 8.42 Å². The summed E-state index contributed by atoms with van der Waals surface area (Å²) in [5.41, 5.74) is 1.31. The minimum Gasteiger partial charge on any atom is -0.497 e. The minimum absolute atomic E-state index is 0.154. The number of benzene rings is 3. The molecule has 0 radical (unpaired) electrons. The normalized spacial score (nSPS) is 12.4. The van der Waals surface area contributed by atoms with Gasteiger partial charge in [0.2, 0.25) is 0 Å². The fraction of sp³-hybridized carbons (Fsp3) is 0.143. The van der Waals surface area contributed by atoms with Crippen molar-refractivity contribution in [3.05, 3.63) is 88.4 Å². The summed E-state index contributed by atoms with van der Waals surface area (Å²) in [7, 11) is -2.29. The Balaban J connectivity index is 2.14. The third-order valence-electron chi connectivity index (χ3n) is 4.38. The molecule has 0 fully saturated rings. The van der Waals surface area contributed by atoms with Gasteiger partial charge < -0.3 is 4.74 Å². The molecule has 0 aliphatic rings. The van der Waals surface area contributed by atoms with E-state index in [1.54, 1.807) is 43.5 Å². The quantitative estimate of drug-likeness (QED) is 0.479. The van der Waals surface area contributed by atoms with E-state index in [0.717, 1.165) is 5.56 Å². The Kier molecular flexibility index (Phi) is 6.18. The average Bonchev–Trinajstić information content (AvgIpc) is 2.70. The van der Waals surface area contributed by atoms with Crippen LogP contribution in [0.25, 0.3) is 0 Å². The smallest absolute Gasteiger partial charge is 0.264 e. The van der Waals surface area contributed by atoms with Crippen LogP contribution in [-0.2, 0) is 10.0 Å². The molecule has 0 heterocycles. The second-order valence-corrected chi connectivity index (χ2v) is 8.87. The molecule has 28 heavy (non-hydrogen) atoms. The van der Waals surface area contributed by atoms with E-state index in [0.29, 0.717) is 21.5 Å². The fourth-order valence-electron chi connectivity index (χ4n) is 2.92. The minimum atomic E-state index is -3.86. The van der Waals surface area contributed by atoms with Crippen LogP contribution in [0.1, 0.15) is 18.5 Å². The molecule has 0 spiro atoms. The first-order valence-corrected chi connectivity index (χ1v) is 10.7. The predicted octanol–water partition coefficient (Wildman–Crippen LogP) is 5.96. The Morgan fingerprint density at radius 2 is 1.46 bits per heavy atom. The zero-order valence-electron chi connectivity index (χ0n) is 15.3. The van der Waals surface area contributed by atoms with E-state index >= 15 is 0 Å². The van der Waals surface area contributed by atoms with Crippen molar-refractivity contribution in [1.29, 1.82) is 0 Å². The summed E-state index contributed by atoms with van der Waals surface area (Å²) in [6, 6.07) is 19.7. The number of nitrogens with zero attached hydrogens (tertiary/aromatic N) is 1. The number of hydrogen-bond acceptors (Lipinski definition) is 3. The van der Waals surface area contributed by atoms with E-state index in [1.165, 1.54) is 16.4 Å². The molecule has 0 aromatic heterocycles. The van der Waals surface area contributed by atoms with Crippen molar-refractivity contribution in [2.24, 2.45) is 0 Å². The van der Waals surface area contributed by atoms with Gasteiger partial charge in [-0.1, -0.05) is 35.3 Å². The second kappa shape index (κ2) is 8.43. The number of anilines is 1. The van der Waals surface area contributed by atoms with E-state index in [-0.39, 0.29) is 4.90 Å². The molecule has 0 aliphatic heterocycles. The van der Waals surface area contributed by atoms with Crippen LogP contribution in [0, 0.1) is 0 Å². The van der Waals surface area contributed by atoms with Gasteiger partial charge in [-0.05, 0) is 73.2 Å². The van der Waals surface area contributed by atoms with Crippen LogP contribution in [0.15, 0.2) is 77.7 Å². The van der Waals surface area contributed by atoms with Crippen molar-refractivity contribution >= 4 is 38.9 Å². The van der Waals surface area contributed by atoms with E-state index < -0.39 is 16.1 Å². The molecule has 0 saturated heterocycles. The summed E-state index contributed by atoms with van der Waals surface area (Å²) >= 11 is 11.9. The number of rotatable bonds is 6. The summed E-state index contributed by atoms with van der Waals surface area (Å²) in [4.78, 5) is 0.154. The van der Waals surface area contributed by atoms with Crippen LogP contribution in [0.3, 0.4) is 0 Å². The topological polar surface area (TPSA) is 46.6 Å². The number of methoxy groups -OCH3 is 1. The van der Waals surface area contributed by atoms with Crippen LogP contribution >= 0.6 is 23.2 Å². The van der Waals surface area contributed by atoms with Gasteiger partial charge in [-0.3, -0.25) is 4.31 Å². The first-order valence-electron chi connectivity index (χ1n) is 8.52. The van der Waals surface area contributed by atoms with Crippen molar-refractivity contribution in [2.75, 3.05) is 11.4 Å². The molecule has 1 atom stereocenters. The van der Waals surface area contributed by atoms with Crippen molar-refractivity contribution in [2.45, 2.75) is 17.9 Å². The van der Waals surface area contributed by atoms with Crippen LogP contribution in [0.5, 0.6) is 5.75 Å². The molecule has 0 bridgehead atoms. The number of hydrogen-bond donors (Lipinski definition) is 0. The number of sulfonamides is 1. The standard InChI is InChI=1S/C21H19Cl2NO3S/c1-15(16-4-3-5-20(14-16)27-2)24(19-10-6-17(22)7-11-19)28(25,26)21-12-8-18(23)9-13-21/h3-15H,1-2H3/t15-/m0/s1. The predicted molar refractivity (Wildman–Crippen MR) is 114 cm³/mol. The van der Waals surface area contributed by atoms with Crippen molar-refractivity contribution in [1.82, 2.24) is 0 Å². The molecule has 146 valence electrons. The van der Waals surface area contributed by atoms with Gasteiger partial charge >= 0.3 is 0 Å². The highest BCUT2D eigenvalue weighted by molar-refractivity contribution is 7.92. The summed E-state index contributed by atoms with van der Waals surface area (Å²) in [5.74, 6) is 0.657. The Hall–Kier alpha value is -2.21. The lowest BCUT2D eigenvalue weighted by Gasteiger charge is -2.31. The molecule has 0 aliphatic carbocycles. The first kappa shape index (κ1) is 20.5. The fourth-order valence-corrected chi connectivity index (χ4v) is 4.81. The molecule has 3 aromatic rings. The van der Waals surface area contributed by atoms with Gasteiger partial charge in [-0.15, -0.1) is 0 Å². The molecular weight excluding hydrogens is 417 g/mol. The summed E-state index contributed by atoms with van der Waals surface area (Å²) < 4.78 is 33.7. The molecule has 3 rings (SSSR count). The molecule has 0 saturated carbocycles. The maximum Gasteiger partial charge on any atom is 0.264 e. The zero-order valence-corrected chi connectivity index (χ0v) is 17.7. The third kappa shape index (κ3) is 4.27. The van der Waals surface area contributed by atoms with Crippen molar-refractivity contribution in [3.8, 4) is 5.75 Å². The molecule has 0 N–H and O–H groups in total. The number of halogens is 2. The van der Waals surface area contributed by atoms with Gasteiger partial charge in [0.1, 0.15) is 5.75 Å². The molecule has 3 aromatic carbocycles. The van der Waals surface area contributed by atoms with E-state index in [1.807, 2.05) is 31.2 Å². The molecule has 0 unspecified atom stereocenters. The summed E-state index contributed by atoms with van der Waals surface area (Å²) in [5, 5.41) is 1.000. The Morgan fingerprint density at radius 3 is 2.04 bits per heavy atom. The molecule has 0 amide bonds. The first-order chi connectivity index (χ1) is 13.3. The molecule has 7 heteroatoms. The monoisotopic (exact) mass is 435 g/mol. The number of ether oxygens (including phenoxy) is 1. The van der Waals surface area contributed by atoms with Crippen LogP contribution in [-0.4, -0.2) is 15.5 Å². The summed E-state index contributed by atoms with van der Waals surface area (Å²) in [6.07, 6.45) is 0. The van der Waals surface area contributed by atoms with Gasteiger partial charge in [0.25, 0.3) is 10.0 Å². The lowest BCUT2D eigenvalue weighted by atomic mass is 10.1. The van der Waals surface area contributed by atoms with Crippen LogP contribution in [0.4, 0.5) is 5.69 Å². The zero-order chi connectivity index (χ0) is 20.3. The average molecular weight is 436 g/mol. The molecular formula is C21H19Cl2NO3S. The van der Waals surface area contributed by atoms with Gasteiger partial charge in [0.15, 0.2) is 0 Å². The Bertz CT molecular complexity index is 1050. The van der Waals surface area contributed by atoms with Crippen molar-refractivity contribution in [3.63, 3.8) is 0 Å². The third-order valence-corrected chi connectivity index (χ3v) is 6.80. The van der Waals surface area contributed by atoms with Gasteiger partial charge in [-0.2, -0.15) is 0 Å². The van der Waals surface area contributed by atoms with E-state index in [2.05, 4.69) is 0 Å². The van der Waals surface area contributed by atoms with Gasteiger partial charge in [0.05, 0.1) is 23.7 Å². The lowest BCUT2D eigenvalue weighted by Crippen LogP contribution is -2.33. The maximum absolute atomic E-state index is 13.5. The summed E-state index contributed by atoms with van der Waals surface area (Å²) in [6.45, 7) is 1.83. The van der Waals surface area contributed by atoms with Crippen molar-refractivity contribution < 1.29 is 13.2 Å². The highest BCUT2D eigenvalue weighted by Crippen LogP contribution is 2.35. The highest BCUT2D eigenvalue weighted by Gasteiger charge is 2.30. The Morgan fingerprint density at radius 1 is 0.893 bits per heavy atom. The lowest BCUT2D eigenvalue weighted by molar-refractivity contribution is 0.414. The maximum atomic E-state index is 13.5. The highest BCUT2D eigenvalue weighted by atomic mass is 35.5. The SMILES string of the molecule is COc1cccc([C@H](C)N(c2ccc(Cl)cc2)S(=O)(=O)c2ccc(Cl)cc2)c1.